The van der Waals surface area contributed by atoms with Crippen LogP contribution in [0.3, 0.4) is 0 Å². The first kappa shape index (κ1) is 13.2. The van der Waals surface area contributed by atoms with Gasteiger partial charge in [0.25, 0.3) is 0 Å². The standard InChI is InChI=1S/C12H12Se4/c1-5-3-4-7(6(5)2)8-9(13)11(15)12(16)10(8)14/h3-4,13-16H,1-2H3. The summed E-state index contributed by atoms with van der Waals surface area (Å²) in [5.74, 6) is 0. The Kier molecular flexibility index (Phi) is 3.97. The van der Waals surface area contributed by atoms with Crippen molar-refractivity contribution in [3.05, 3.63) is 52.3 Å². The van der Waals surface area contributed by atoms with Crippen LogP contribution in [0.15, 0.2) is 52.3 Å². The fourth-order valence-electron chi connectivity index (χ4n) is 1.77. The van der Waals surface area contributed by atoms with E-state index in [1.54, 1.807) is 0 Å². The van der Waals surface area contributed by atoms with Crippen LogP contribution in [0.5, 0.6) is 0 Å². The van der Waals surface area contributed by atoms with E-state index in [4.69, 9.17) is 0 Å². The van der Waals surface area contributed by atoms with Gasteiger partial charge in [-0.05, 0) is 0 Å². The molecular formula is C12H12Se4. The molecule has 0 nitrogen and oxygen atoms in total. The second-order valence-electron chi connectivity index (χ2n) is 3.82. The molecular weight excluding hydrogens is 460 g/mol. The second kappa shape index (κ2) is 4.81. The second-order valence-corrected chi connectivity index (χ2v) is 7.58. The van der Waals surface area contributed by atoms with Crippen LogP contribution < -0.4 is 0 Å². The predicted molar refractivity (Wildman–Crippen MR) is 77.2 cm³/mol. The van der Waals surface area contributed by atoms with E-state index in [2.05, 4.69) is 90.1 Å². The van der Waals surface area contributed by atoms with E-state index in [0.717, 1.165) is 0 Å². The van der Waals surface area contributed by atoms with Gasteiger partial charge in [0.05, 0.1) is 0 Å². The van der Waals surface area contributed by atoms with Crippen molar-refractivity contribution < 1.29 is 0 Å². The van der Waals surface area contributed by atoms with Crippen LogP contribution in [0.1, 0.15) is 13.8 Å². The zero-order valence-corrected chi connectivity index (χ0v) is 16.4. The molecule has 0 fully saturated rings. The van der Waals surface area contributed by atoms with E-state index < -0.39 is 0 Å². The molecule has 0 aromatic rings. The first-order chi connectivity index (χ1) is 7.45. The third-order valence-corrected chi connectivity index (χ3v) is 9.16. The van der Waals surface area contributed by atoms with Gasteiger partial charge in [-0.2, -0.15) is 0 Å². The van der Waals surface area contributed by atoms with Gasteiger partial charge >= 0.3 is 130 Å². The van der Waals surface area contributed by atoms with Crippen molar-refractivity contribution in [2.75, 3.05) is 0 Å². The number of hydrogen-bond donors (Lipinski definition) is 0. The van der Waals surface area contributed by atoms with Crippen LogP contribution in [0, 0.1) is 0 Å². The van der Waals surface area contributed by atoms with Gasteiger partial charge in [0, 0.05) is 0 Å². The molecule has 0 N–H and O–H groups in total. The van der Waals surface area contributed by atoms with Gasteiger partial charge in [-0.25, -0.2) is 0 Å². The van der Waals surface area contributed by atoms with E-state index in [-0.39, 0.29) is 0 Å². The first-order valence-electron chi connectivity index (χ1n) is 4.81. The van der Waals surface area contributed by atoms with Gasteiger partial charge in [0.2, 0.25) is 0 Å². The monoisotopic (exact) mass is 476 g/mol. The molecule has 0 heterocycles. The molecule has 0 unspecified atom stereocenters. The van der Waals surface area contributed by atoms with Crippen LogP contribution in [0.2, 0.25) is 0 Å². The Bertz CT molecular complexity index is 501. The molecule has 0 spiro atoms. The fraction of sp³-hybridized carbons (Fsp3) is 0.167. The average molecular weight is 472 g/mol. The Hall–Kier alpha value is 0.778. The molecule has 2 aliphatic carbocycles. The number of hydrogen-bond acceptors (Lipinski definition) is 0. The summed E-state index contributed by atoms with van der Waals surface area (Å²) in [6, 6.07) is 0. The molecule has 0 atom stereocenters. The summed E-state index contributed by atoms with van der Waals surface area (Å²) in [5.41, 5.74) is 5.50. The zero-order valence-electron chi connectivity index (χ0n) is 8.94. The molecule has 0 aromatic heterocycles. The van der Waals surface area contributed by atoms with E-state index in [1.807, 2.05) is 0 Å². The zero-order chi connectivity index (χ0) is 12.0. The maximum atomic E-state index is 2.70. The molecule has 2 aliphatic rings. The molecule has 0 aromatic carbocycles. The summed E-state index contributed by atoms with van der Waals surface area (Å²) >= 11 is 10.7. The van der Waals surface area contributed by atoms with Crippen molar-refractivity contribution in [1.82, 2.24) is 0 Å². The van der Waals surface area contributed by atoms with Crippen molar-refractivity contribution in [3.63, 3.8) is 0 Å². The van der Waals surface area contributed by atoms with Gasteiger partial charge in [-0.15, -0.1) is 0 Å². The van der Waals surface area contributed by atoms with Crippen LogP contribution in [-0.2, 0) is 0 Å². The van der Waals surface area contributed by atoms with Crippen LogP contribution in [0.4, 0.5) is 0 Å². The SMILES string of the molecule is CC1=C(C)C(=C2C([SeH])=C([SeH])C([SeH])=C2[SeH])C=C1. The van der Waals surface area contributed by atoms with Crippen LogP contribution in [0.25, 0.3) is 0 Å². The average Bonchev–Trinajstić information content (AvgIpc) is 2.66. The Morgan fingerprint density at radius 2 is 1.25 bits per heavy atom. The molecule has 0 amide bonds. The minimum atomic E-state index is 1.32. The van der Waals surface area contributed by atoms with Gasteiger partial charge in [-0.3, -0.25) is 0 Å². The minimum absolute atomic E-state index is 1.32. The molecule has 84 valence electrons. The predicted octanol–water partition coefficient (Wildman–Crippen LogP) is 0.229. The topological polar surface area (TPSA) is 0 Å². The van der Waals surface area contributed by atoms with Crippen molar-refractivity contribution in [2.24, 2.45) is 0 Å². The van der Waals surface area contributed by atoms with E-state index >= 15 is 0 Å². The van der Waals surface area contributed by atoms with Crippen molar-refractivity contribution >= 4 is 64.1 Å². The molecule has 0 bridgehead atoms. The molecule has 0 saturated carbocycles. The third-order valence-electron chi connectivity index (χ3n) is 2.91. The summed E-state index contributed by atoms with van der Waals surface area (Å²) in [6.07, 6.45) is 4.43. The summed E-state index contributed by atoms with van der Waals surface area (Å²) in [7, 11) is 0. The Labute approximate surface area is 129 Å². The van der Waals surface area contributed by atoms with Crippen molar-refractivity contribution in [1.29, 1.82) is 0 Å². The van der Waals surface area contributed by atoms with Gasteiger partial charge in [-0.1, -0.05) is 0 Å². The summed E-state index contributed by atoms with van der Waals surface area (Å²) in [4.78, 5) is 0. The molecule has 2 rings (SSSR count). The molecule has 0 radical (unpaired) electrons. The normalized spacial score (nSPS) is 21.1. The van der Waals surface area contributed by atoms with Crippen molar-refractivity contribution in [2.45, 2.75) is 13.8 Å². The van der Waals surface area contributed by atoms with Gasteiger partial charge in [0.1, 0.15) is 0 Å². The Morgan fingerprint density at radius 3 is 1.62 bits per heavy atom. The summed E-state index contributed by atoms with van der Waals surface area (Å²) < 4.78 is 5.28. The molecule has 0 saturated heterocycles. The van der Waals surface area contributed by atoms with E-state index in [9.17, 15) is 0 Å². The number of rotatable bonds is 0. The first-order valence-corrected chi connectivity index (χ1v) is 8.56. The fourth-order valence-corrected chi connectivity index (χ4v) is 5.40. The Morgan fingerprint density at radius 1 is 0.750 bits per heavy atom. The Balaban J connectivity index is 2.70. The molecule has 0 aliphatic heterocycles. The maximum absolute atomic E-state index is 2.70. The van der Waals surface area contributed by atoms with E-state index in [0.29, 0.717) is 0 Å². The van der Waals surface area contributed by atoms with E-state index in [1.165, 1.54) is 40.2 Å². The summed E-state index contributed by atoms with van der Waals surface area (Å²) in [5, 5.41) is 0. The quantitative estimate of drug-likeness (QED) is 0.444. The van der Waals surface area contributed by atoms with Gasteiger partial charge in [0.15, 0.2) is 0 Å². The van der Waals surface area contributed by atoms with Crippen molar-refractivity contribution in [3.8, 4) is 0 Å². The molecule has 16 heavy (non-hydrogen) atoms. The van der Waals surface area contributed by atoms with Crippen LogP contribution >= 0.6 is 0 Å². The third kappa shape index (κ3) is 1.97. The number of allylic oxidation sites excluding steroid dienone is 10. The van der Waals surface area contributed by atoms with Gasteiger partial charge < -0.3 is 0 Å². The molecule has 4 heteroatoms. The summed E-state index contributed by atoms with van der Waals surface area (Å²) in [6.45, 7) is 4.37. The van der Waals surface area contributed by atoms with Crippen LogP contribution in [-0.4, -0.2) is 64.1 Å².